The van der Waals surface area contributed by atoms with Crippen molar-refractivity contribution >= 4 is 6.03 Å². The van der Waals surface area contributed by atoms with Gasteiger partial charge in [-0.2, -0.15) is 0 Å². The number of unbranched alkanes of at least 4 members (excludes halogenated alkanes) is 2. The van der Waals surface area contributed by atoms with Crippen LogP contribution in [0.25, 0.3) is 0 Å². The van der Waals surface area contributed by atoms with E-state index in [-0.39, 0.29) is 6.03 Å². The number of carbonyl (C=O) groups excluding carboxylic acids is 1. The third kappa shape index (κ3) is 7.43. The van der Waals surface area contributed by atoms with E-state index >= 15 is 0 Å². The van der Waals surface area contributed by atoms with Crippen LogP contribution in [-0.2, 0) is 6.42 Å². The molecule has 0 aromatic carbocycles. The first-order valence-electron chi connectivity index (χ1n) is 8.59. The zero-order valence-corrected chi connectivity index (χ0v) is 14.3. The van der Waals surface area contributed by atoms with Crippen molar-refractivity contribution in [3.63, 3.8) is 0 Å². The number of amides is 2. The van der Waals surface area contributed by atoms with Gasteiger partial charge in [0.05, 0.1) is 0 Å². The normalized spacial score (nSPS) is 12.0. The molecule has 0 aliphatic rings. The summed E-state index contributed by atoms with van der Waals surface area (Å²) in [6.07, 6.45) is 8.98. The fourth-order valence-corrected chi connectivity index (χ4v) is 2.38. The fraction of sp³-hybridized carbons (Fsp3) is 0.667. The van der Waals surface area contributed by atoms with Crippen LogP contribution in [0.3, 0.4) is 0 Å². The summed E-state index contributed by atoms with van der Waals surface area (Å²) in [6, 6.07) is 4.16. The molecule has 124 valence electrons. The van der Waals surface area contributed by atoms with E-state index in [0.717, 1.165) is 51.7 Å². The Hall–Kier alpha value is -1.58. The third-order valence-corrected chi connectivity index (χ3v) is 3.79. The number of hydrogen-bond donors (Lipinski definition) is 1. The second-order valence-corrected chi connectivity index (χ2v) is 6.04. The summed E-state index contributed by atoms with van der Waals surface area (Å²) < 4.78 is 0. The van der Waals surface area contributed by atoms with Gasteiger partial charge in [0.15, 0.2) is 0 Å². The van der Waals surface area contributed by atoms with Crippen molar-refractivity contribution in [3.8, 4) is 0 Å². The average Bonchev–Trinajstić information content (AvgIpc) is 2.54. The predicted octanol–water partition coefficient (Wildman–Crippen LogP) is 3.87. The molecule has 0 fully saturated rings. The molecule has 0 saturated heterocycles. The highest BCUT2D eigenvalue weighted by atomic mass is 16.2. The minimum absolute atomic E-state index is 0.0866. The molecule has 0 aliphatic carbocycles. The van der Waals surface area contributed by atoms with Crippen molar-refractivity contribution in [1.29, 1.82) is 0 Å². The van der Waals surface area contributed by atoms with Crippen LogP contribution in [0.1, 0.15) is 52.0 Å². The van der Waals surface area contributed by atoms with E-state index in [0.29, 0.717) is 5.92 Å². The van der Waals surface area contributed by atoms with Crippen LogP contribution in [0.2, 0.25) is 0 Å². The van der Waals surface area contributed by atoms with Crippen LogP contribution >= 0.6 is 0 Å². The van der Waals surface area contributed by atoms with E-state index in [1.165, 1.54) is 5.56 Å². The summed E-state index contributed by atoms with van der Waals surface area (Å²) in [5, 5.41) is 3.09. The average molecular weight is 305 g/mol. The van der Waals surface area contributed by atoms with Crippen LogP contribution in [0.5, 0.6) is 0 Å². The highest BCUT2D eigenvalue weighted by Gasteiger charge is 2.13. The first-order chi connectivity index (χ1) is 10.7. The summed E-state index contributed by atoms with van der Waals surface area (Å²) in [7, 11) is 0. The number of pyridine rings is 1. The standard InChI is InChI=1S/C18H31N3O/c1-4-6-12-21(13-7-5-2)18(22)20-15-16(3)14-17-8-10-19-11-9-17/h8-11,16H,4-7,12-15H2,1-3H3,(H,20,22). The molecule has 2 amide bonds. The number of urea groups is 1. The van der Waals surface area contributed by atoms with E-state index < -0.39 is 0 Å². The van der Waals surface area contributed by atoms with E-state index in [1.54, 1.807) is 0 Å². The lowest BCUT2D eigenvalue weighted by atomic mass is 10.0. The number of rotatable bonds is 10. The van der Waals surface area contributed by atoms with Gasteiger partial charge in [0.2, 0.25) is 0 Å². The van der Waals surface area contributed by atoms with Gasteiger partial charge >= 0.3 is 6.03 Å². The van der Waals surface area contributed by atoms with Crippen LogP contribution in [0.4, 0.5) is 4.79 Å². The van der Waals surface area contributed by atoms with E-state index in [2.05, 4.69) is 31.1 Å². The summed E-state index contributed by atoms with van der Waals surface area (Å²) in [6.45, 7) is 8.93. The zero-order valence-electron chi connectivity index (χ0n) is 14.3. The predicted molar refractivity (Wildman–Crippen MR) is 91.9 cm³/mol. The van der Waals surface area contributed by atoms with E-state index in [4.69, 9.17) is 0 Å². The summed E-state index contributed by atoms with van der Waals surface area (Å²) in [4.78, 5) is 18.3. The smallest absolute Gasteiger partial charge is 0.317 e. The van der Waals surface area contributed by atoms with Crippen LogP contribution in [0, 0.1) is 5.92 Å². The molecule has 1 N–H and O–H groups in total. The Kier molecular flexibility index (Phi) is 9.28. The summed E-state index contributed by atoms with van der Waals surface area (Å²) in [5.41, 5.74) is 1.27. The topological polar surface area (TPSA) is 45.2 Å². The third-order valence-electron chi connectivity index (χ3n) is 3.79. The molecule has 1 unspecified atom stereocenters. The SMILES string of the molecule is CCCCN(CCCC)C(=O)NCC(C)Cc1ccncc1. The van der Waals surface area contributed by atoms with E-state index in [9.17, 15) is 4.79 Å². The maximum atomic E-state index is 12.3. The maximum Gasteiger partial charge on any atom is 0.317 e. The fourth-order valence-electron chi connectivity index (χ4n) is 2.38. The summed E-state index contributed by atoms with van der Waals surface area (Å²) >= 11 is 0. The van der Waals surface area contributed by atoms with Crippen molar-refractivity contribution in [2.24, 2.45) is 5.92 Å². The Bertz CT molecular complexity index is 400. The molecular formula is C18H31N3O. The van der Waals surface area contributed by atoms with Crippen molar-refractivity contribution < 1.29 is 4.79 Å². The number of aromatic nitrogens is 1. The Morgan fingerprint density at radius 2 is 1.77 bits per heavy atom. The lowest BCUT2D eigenvalue weighted by Crippen LogP contribution is -2.42. The lowest BCUT2D eigenvalue weighted by Gasteiger charge is -2.24. The molecule has 1 rings (SSSR count). The van der Waals surface area contributed by atoms with Gasteiger partial charge in [0.1, 0.15) is 0 Å². The zero-order chi connectivity index (χ0) is 16.2. The number of carbonyl (C=O) groups is 1. The number of nitrogens with one attached hydrogen (secondary N) is 1. The molecule has 0 saturated carbocycles. The molecule has 22 heavy (non-hydrogen) atoms. The van der Waals surface area contributed by atoms with Crippen LogP contribution < -0.4 is 5.32 Å². The molecule has 1 atom stereocenters. The van der Waals surface area contributed by atoms with Gasteiger partial charge in [0.25, 0.3) is 0 Å². The molecule has 0 radical (unpaired) electrons. The molecule has 0 aliphatic heterocycles. The van der Waals surface area contributed by atoms with Gasteiger partial charge in [-0.1, -0.05) is 33.6 Å². The second-order valence-electron chi connectivity index (χ2n) is 6.04. The number of hydrogen-bond acceptors (Lipinski definition) is 2. The van der Waals surface area contributed by atoms with Gasteiger partial charge in [-0.15, -0.1) is 0 Å². The van der Waals surface area contributed by atoms with Crippen molar-refractivity contribution in [3.05, 3.63) is 30.1 Å². The molecule has 1 aromatic heterocycles. The Balaban J connectivity index is 2.37. The van der Waals surface area contributed by atoms with Crippen LogP contribution in [-0.4, -0.2) is 35.5 Å². The number of nitrogens with zero attached hydrogens (tertiary/aromatic N) is 2. The largest absolute Gasteiger partial charge is 0.338 e. The highest BCUT2D eigenvalue weighted by Crippen LogP contribution is 2.07. The molecular weight excluding hydrogens is 274 g/mol. The first kappa shape index (κ1) is 18.5. The van der Waals surface area contributed by atoms with Crippen molar-refractivity contribution in [2.45, 2.75) is 52.9 Å². The minimum atomic E-state index is 0.0866. The molecule has 0 bridgehead atoms. The monoisotopic (exact) mass is 305 g/mol. The lowest BCUT2D eigenvalue weighted by molar-refractivity contribution is 0.194. The van der Waals surface area contributed by atoms with E-state index in [1.807, 2.05) is 29.4 Å². The van der Waals surface area contributed by atoms with Gasteiger partial charge in [0, 0.05) is 32.0 Å². The first-order valence-corrected chi connectivity index (χ1v) is 8.59. The van der Waals surface area contributed by atoms with Gasteiger partial charge in [-0.05, 0) is 42.9 Å². The minimum Gasteiger partial charge on any atom is -0.338 e. The summed E-state index contributed by atoms with van der Waals surface area (Å²) in [5.74, 6) is 0.422. The maximum absolute atomic E-state index is 12.3. The second kappa shape index (κ2) is 11.0. The molecule has 4 heteroatoms. The molecule has 4 nitrogen and oxygen atoms in total. The Morgan fingerprint density at radius 1 is 1.18 bits per heavy atom. The molecule has 1 heterocycles. The molecule has 1 aromatic rings. The molecule has 0 spiro atoms. The van der Waals surface area contributed by atoms with Crippen LogP contribution in [0.15, 0.2) is 24.5 Å². The Labute approximate surface area is 135 Å². The highest BCUT2D eigenvalue weighted by molar-refractivity contribution is 5.74. The Morgan fingerprint density at radius 3 is 2.32 bits per heavy atom. The van der Waals surface area contributed by atoms with Gasteiger partial charge in [-0.25, -0.2) is 4.79 Å². The van der Waals surface area contributed by atoms with Gasteiger partial charge in [-0.3, -0.25) is 4.98 Å². The van der Waals surface area contributed by atoms with Crippen molar-refractivity contribution in [2.75, 3.05) is 19.6 Å². The van der Waals surface area contributed by atoms with Crippen molar-refractivity contribution in [1.82, 2.24) is 15.2 Å². The van der Waals surface area contributed by atoms with Gasteiger partial charge < -0.3 is 10.2 Å². The quantitative estimate of drug-likeness (QED) is 0.713.